The van der Waals surface area contributed by atoms with Gasteiger partial charge in [0.25, 0.3) is 5.91 Å². The van der Waals surface area contributed by atoms with E-state index in [4.69, 9.17) is 4.74 Å². The number of ether oxygens (including phenoxy) is 1. The van der Waals surface area contributed by atoms with Crippen LogP contribution in [0.2, 0.25) is 0 Å². The van der Waals surface area contributed by atoms with Crippen molar-refractivity contribution in [2.45, 2.75) is 26.4 Å². The van der Waals surface area contributed by atoms with Crippen molar-refractivity contribution in [2.24, 2.45) is 0 Å². The van der Waals surface area contributed by atoms with Crippen molar-refractivity contribution in [3.63, 3.8) is 0 Å². The molecule has 3 nitrogen and oxygen atoms in total. The quantitative estimate of drug-likeness (QED) is 0.758. The third-order valence-corrected chi connectivity index (χ3v) is 2.68. The van der Waals surface area contributed by atoms with Crippen LogP contribution >= 0.6 is 0 Å². The number of nitrogens with zero attached hydrogens (tertiary/aromatic N) is 1. The summed E-state index contributed by atoms with van der Waals surface area (Å²) in [5, 5.41) is 0. The molecule has 1 rings (SSSR count). The van der Waals surface area contributed by atoms with Crippen LogP contribution in [0.15, 0.2) is 24.3 Å². The molecule has 0 aliphatic carbocycles. The average Bonchev–Trinajstić information content (AvgIpc) is 2.35. The summed E-state index contributed by atoms with van der Waals surface area (Å²) >= 11 is 0. The molecule has 0 aliphatic heterocycles. The zero-order chi connectivity index (χ0) is 12.7. The maximum atomic E-state index is 12.1. The average molecular weight is 235 g/mol. The zero-order valence-electron chi connectivity index (χ0n) is 10.9. The topological polar surface area (TPSA) is 29.5 Å². The Bertz CT molecular complexity index is 363. The molecule has 0 saturated heterocycles. The first-order chi connectivity index (χ1) is 8.19. The normalized spacial score (nSPS) is 10.3. The summed E-state index contributed by atoms with van der Waals surface area (Å²) in [6, 6.07) is 7.61. The van der Waals surface area contributed by atoms with Gasteiger partial charge in [-0.05, 0) is 24.1 Å². The Labute approximate surface area is 103 Å². The minimum Gasteiger partial charge on any atom is -0.380 e. The lowest BCUT2D eigenvalue weighted by molar-refractivity contribution is 0.0793. The Balaban J connectivity index is 2.70. The van der Waals surface area contributed by atoms with Gasteiger partial charge in [0.15, 0.2) is 0 Å². The Morgan fingerprint density at radius 2 is 2.18 bits per heavy atom. The van der Waals surface area contributed by atoms with Crippen LogP contribution in [0.1, 0.15) is 35.7 Å². The third-order valence-electron chi connectivity index (χ3n) is 2.68. The molecule has 0 heterocycles. The highest BCUT2D eigenvalue weighted by Crippen LogP contribution is 2.09. The molecule has 0 radical (unpaired) electrons. The predicted molar refractivity (Wildman–Crippen MR) is 69.0 cm³/mol. The van der Waals surface area contributed by atoms with E-state index in [0.717, 1.165) is 30.5 Å². The van der Waals surface area contributed by atoms with Crippen LogP contribution in [0.25, 0.3) is 0 Å². The fraction of sp³-hybridized carbons (Fsp3) is 0.500. The van der Waals surface area contributed by atoms with Gasteiger partial charge in [0, 0.05) is 26.3 Å². The predicted octanol–water partition coefficient (Wildman–Crippen LogP) is 2.71. The highest BCUT2D eigenvalue weighted by atomic mass is 16.5. The molecule has 0 spiro atoms. The molecule has 1 aromatic rings. The van der Waals surface area contributed by atoms with E-state index in [1.807, 2.05) is 31.3 Å². The largest absolute Gasteiger partial charge is 0.380 e. The minimum atomic E-state index is 0.0800. The van der Waals surface area contributed by atoms with Crippen LogP contribution in [-0.4, -0.2) is 31.5 Å². The number of amides is 1. The van der Waals surface area contributed by atoms with E-state index >= 15 is 0 Å². The molecule has 0 aliphatic rings. The standard InChI is InChI=1S/C14H21NO2/c1-4-5-9-15(2)14(16)13-8-6-7-12(10-13)11-17-3/h6-8,10H,4-5,9,11H2,1-3H3. The van der Waals surface area contributed by atoms with Crippen molar-refractivity contribution in [2.75, 3.05) is 20.7 Å². The second-order valence-corrected chi connectivity index (χ2v) is 4.21. The maximum Gasteiger partial charge on any atom is 0.253 e. The summed E-state index contributed by atoms with van der Waals surface area (Å²) in [7, 11) is 3.50. The van der Waals surface area contributed by atoms with Crippen LogP contribution in [-0.2, 0) is 11.3 Å². The van der Waals surface area contributed by atoms with E-state index in [2.05, 4.69) is 6.92 Å². The van der Waals surface area contributed by atoms with Crippen LogP contribution in [0.4, 0.5) is 0 Å². The number of carbonyl (C=O) groups excluding carboxylic acids is 1. The molecular weight excluding hydrogens is 214 g/mol. The van der Waals surface area contributed by atoms with E-state index in [1.54, 1.807) is 12.0 Å². The Morgan fingerprint density at radius 1 is 1.41 bits per heavy atom. The van der Waals surface area contributed by atoms with Gasteiger partial charge in [-0.2, -0.15) is 0 Å². The lowest BCUT2D eigenvalue weighted by Crippen LogP contribution is -2.27. The van der Waals surface area contributed by atoms with E-state index in [0.29, 0.717) is 6.61 Å². The Hall–Kier alpha value is -1.35. The molecule has 0 aromatic heterocycles. The SMILES string of the molecule is CCCCN(C)C(=O)c1cccc(COC)c1. The second-order valence-electron chi connectivity index (χ2n) is 4.21. The molecule has 0 unspecified atom stereocenters. The summed E-state index contributed by atoms with van der Waals surface area (Å²) in [5.41, 5.74) is 1.76. The van der Waals surface area contributed by atoms with Crippen molar-refractivity contribution in [3.05, 3.63) is 35.4 Å². The van der Waals surface area contributed by atoms with Crippen LogP contribution in [0.5, 0.6) is 0 Å². The Kier molecular flexibility index (Phi) is 5.70. The van der Waals surface area contributed by atoms with Crippen molar-refractivity contribution >= 4 is 5.91 Å². The van der Waals surface area contributed by atoms with E-state index in [-0.39, 0.29) is 5.91 Å². The number of carbonyl (C=O) groups is 1. The van der Waals surface area contributed by atoms with Crippen LogP contribution in [0.3, 0.4) is 0 Å². The van der Waals surface area contributed by atoms with Gasteiger partial charge in [-0.3, -0.25) is 4.79 Å². The number of unbranched alkanes of at least 4 members (excludes halogenated alkanes) is 1. The van der Waals surface area contributed by atoms with Gasteiger partial charge in [-0.15, -0.1) is 0 Å². The summed E-state index contributed by atoms with van der Waals surface area (Å²) in [5.74, 6) is 0.0800. The third kappa shape index (κ3) is 4.19. The van der Waals surface area contributed by atoms with Crippen LogP contribution < -0.4 is 0 Å². The molecule has 0 bridgehead atoms. The summed E-state index contributed by atoms with van der Waals surface area (Å²) in [4.78, 5) is 13.9. The first kappa shape index (κ1) is 13.7. The number of hydrogen-bond acceptors (Lipinski definition) is 2. The van der Waals surface area contributed by atoms with E-state index < -0.39 is 0 Å². The number of hydrogen-bond donors (Lipinski definition) is 0. The van der Waals surface area contributed by atoms with Crippen LogP contribution in [0, 0.1) is 0 Å². The minimum absolute atomic E-state index is 0.0800. The van der Waals surface area contributed by atoms with Gasteiger partial charge in [-0.1, -0.05) is 25.5 Å². The summed E-state index contributed by atoms with van der Waals surface area (Å²) in [6.07, 6.45) is 2.14. The van der Waals surface area contributed by atoms with Crippen molar-refractivity contribution in [3.8, 4) is 0 Å². The molecule has 1 amide bonds. The molecule has 1 aromatic carbocycles. The molecule has 0 fully saturated rings. The fourth-order valence-corrected chi connectivity index (χ4v) is 1.68. The highest BCUT2D eigenvalue weighted by Gasteiger charge is 2.11. The van der Waals surface area contributed by atoms with Gasteiger partial charge in [-0.25, -0.2) is 0 Å². The smallest absolute Gasteiger partial charge is 0.253 e. The Morgan fingerprint density at radius 3 is 2.82 bits per heavy atom. The first-order valence-corrected chi connectivity index (χ1v) is 6.02. The summed E-state index contributed by atoms with van der Waals surface area (Å²) in [6.45, 7) is 3.47. The van der Waals surface area contributed by atoms with Gasteiger partial charge < -0.3 is 9.64 Å². The van der Waals surface area contributed by atoms with Crippen molar-refractivity contribution in [1.82, 2.24) is 4.90 Å². The highest BCUT2D eigenvalue weighted by molar-refractivity contribution is 5.94. The lowest BCUT2D eigenvalue weighted by atomic mass is 10.1. The van der Waals surface area contributed by atoms with Crippen molar-refractivity contribution < 1.29 is 9.53 Å². The molecular formula is C14H21NO2. The van der Waals surface area contributed by atoms with Crippen molar-refractivity contribution in [1.29, 1.82) is 0 Å². The number of methoxy groups -OCH3 is 1. The zero-order valence-corrected chi connectivity index (χ0v) is 10.9. The molecule has 94 valence electrons. The number of benzene rings is 1. The number of rotatable bonds is 6. The molecule has 0 atom stereocenters. The maximum absolute atomic E-state index is 12.1. The van der Waals surface area contributed by atoms with E-state index in [9.17, 15) is 4.79 Å². The molecule has 0 N–H and O–H groups in total. The fourth-order valence-electron chi connectivity index (χ4n) is 1.68. The van der Waals surface area contributed by atoms with E-state index in [1.165, 1.54) is 0 Å². The molecule has 0 saturated carbocycles. The van der Waals surface area contributed by atoms with Gasteiger partial charge in [0.1, 0.15) is 0 Å². The molecule has 17 heavy (non-hydrogen) atoms. The summed E-state index contributed by atoms with van der Waals surface area (Å²) < 4.78 is 5.06. The monoisotopic (exact) mass is 235 g/mol. The molecule has 3 heteroatoms. The van der Waals surface area contributed by atoms with Gasteiger partial charge in [0.05, 0.1) is 6.61 Å². The second kappa shape index (κ2) is 7.07. The lowest BCUT2D eigenvalue weighted by Gasteiger charge is -2.17. The van der Waals surface area contributed by atoms with Gasteiger partial charge >= 0.3 is 0 Å². The van der Waals surface area contributed by atoms with Gasteiger partial charge in [0.2, 0.25) is 0 Å². The first-order valence-electron chi connectivity index (χ1n) is 6.02.